The Labute approximate surface area is 143 Å². The van der Waals surface area contributed by atoms with Gasteiger partial charge in [0.1, 0.15) is 12.7 Å². The van der Waals surface area contributed by atoms with Gasteiger partial charge in [0.05, 0.1) is 12.2 Å². The maximum Gasteiger partial charge on any atom is 0.330 e. The third kappa shape index (κ3) is 7.62. The standard InChI is InChI=1S/C18H27NO5/c1-4-18(20)24-14(2)8-6-5-7-9-15-10-17(23-13-22-3)11-16(15)12-19-21/h4,7,9,14-17H,1,5-6,8,10-11,13H2,2-3H3/b9-7+/t14-,15+,16-,17-/m0/s1. The molecule has 0 aromatic rings. The molecule has 0 radical (unpaired) electrons. The van der Waals surface area contributed by atoms with Crippen LogP contribution < -0.4 is 0 Å². The first-order chi connectivity index (χ1) is 11.6. The number of carbonyl (C=O) groups is 1. The van der Waals surface area contributed by atoms with E-state index >= 15 is 0 Å². The summed E-state index contributed by atoms with van der Waals surface area (Å²) in [5, 5.41) is 13.3. The Hall–Kier alpha value is -1.84. The van der Waals surface area contributed by atoms with Gasteiger partial charge in [-0.25, -0.2) is 4.79 Å². The van der Waals surface area contributed by atoms with E-state index in [1.54, 1.807) is 7.11 Å². The van der Waals surface area contributed by atoms with Gasteiger partial charge >= 0.3 is 12.0 Å². The number of ether oxygens (including phenoxy) is 3. The molecule has 4 atom stereocenters. The van der Waals surface area contributed by atoms with Crippen LogP contribution in [0.5, 0.6) is 0 Å². The highest BCUT2D eigenvalue weighted by molar-refractivity contribution is 5.81. The van der Waals surface area contributed by atoms with Crippen LogP contribution in [0.4, 0.5) is 0 Å². The van der Waals surface area contributed by atoms with Crippen molar-refractivity contribution in [2.24, 2.45) is 11.8 Å². The van der Waals surface area contributed by atoms with Crippen molar-refractivity contribution in [3.8, 4) is 6.07 Å². The van der Waals surface area contributed by atoms with Gasteiger partial charge in [0.15, 0.2) is 0 Å². The van der Waals surface area contributed by atoms with E-state index in [9.17, 15) is 10.0 Å². The Balaban J connectivity index is 2.34. The number of methoxy groups -OCH3 is 1. The van der Waals surface area contributed by atoms with Gasteiger partial charge in [-0.15, -0.1) is 0 Å². The molecular weight excluding hydrogens is 310 g/mol. The zero-order valence-corrected chi connectivity index (χ0v) is 14.5. The van der Waals surface area contributed by atoms with Crippen LogP contribution in [0.1, 0.15) is 39.0 Å². The van der Waals surface area contributed by atoms with Crippen molar-refractivity contribution in [2.45, 2.75) is 51.2 Å². The molecule has 6 heteroatoms. The first kappa shape index (κ1) is 20.2. The summed E-state index contributed by atoms with van der Waals surface area (Å²) in [7, 11) is 1.59. The third-order valence-electron chi connectivity index (χ3n) is 4.06. The molecule has 0 N–H and O–H groups in total. The van der Waals surface area contributed by atoms with Gasteiger partial charge in [0, 0.05) is 18.2 Å². The van der Waals surface area contributed by atoms with Gasteiger partial charge in [0.25, 0.3) is 0 Å². The molecule has 1 aliphatic rings. The van der Waals surface area contributed by atoms with E-state index < -0.39 is 0 Å². The van der Waals surface area contributed by atoms with E-state index in [4.69, 9.17) is 14.2 Å². The largest absolute Gasteiger partial charge is 0.498 e. The lowest BCUT2D eigenvalue weighted by Crippen LogP contribution is -2.12. The Morgan fingerprint density at radius 1 is 1.50 bits per heavy atom. The number of allylic oxidation sites excluding steroid dienone is 2. The Kier molecular flexibility index (Phi) is 9.81. The quantitative estimate of drug-likeness (QED) is 0.152. The fraction of sp³-hybridized carbons (Fsp3) is 0.667. The second-order valence-electron chi connectivity index (χ2n) is 5.97. The lowest BCUT2D eigenvalue weighted by atomic mass is 9.96. The van der Waals surface area contributed by atoms with Crippen LogP contribution in [0.2, 0.25) is 0 Å². The van der Waals surface area contributed by atoms with Crippen molar-refractivity contribution < 1.29 is 19.0 Å². The van der Waals surface area contributed by atoms with Crippen molar-refractivity contribution in [2.75, 3.05) is 13.9 Å². The minimum absolute atomic E-state index is 0.00641. The number of hydrogen-bond donors (Lipinski definition) is 0. The second kappa shape index (κ2) is 11.7. The monoisotopic (exact) mass is 337 g/mol. The Morgan fingerprint density at radius 3 is 2.96 bits per heavy atom. The Bertz CT molecular complexity index is 480. The summed E-state index contributed by atoms with van der Waals surface area (Å²) in [5.74, 6) is -0.185. The maximum atomic E-state index is 11.1. The SMILES string of the molecule is C=CC(=O)O[C@@H](C)CCC/C=C/[C@@H]1C[C@H](OCOC)C[C@H]1C#[N+][O-]. The normalized spacial score (nSPS) is 24.3. The molecule has 1 aliphatic carbocycles. The second-order valence-corrected chi connectivity index (χ2v) is 5.97. The topological polar surface area (TPSA) is 72.2 Å². The summed E-state index contributed by atoms with van der Waals surface area (Å²) in [4.78, 5) is 11.1. The first-order valence-corrected chi connectivity index (χ1v) is 8.28. The summed E-state index contributed by atoms with van der Waals surface area (Å²) >= 11 is 0. The molecular formula is C18H27NO5. The highest BCUT2D eigenvalue weighted by Crippen LogP contribution is 2.34. The zero-order valence-electron chi connectivity index (χ0n) is 14.5. The van der Waals surface area contributed by atoms with E-state index in [-0.39, 0.29) is 36.8 Å². The smallest absolute Gasteiger partial charge is 0.330 e. The van der Waals surface area contributed by atoms with Crippen molar-refractivity contribution in [3.63, 3.8) is 0 Å². The van der Waals surface area contributed by atoms with Gasteiger partial charge in [-0.05, 0) is 44.9 Å². The molecule has 134 valence electrons. The molecule has 6 nitrogen and oxygen atoms in total. The molecule has 0 heterocycles. The summed E-state index contributed by atoms with van der Waals surface area (Å²) < 4.78 is 15.6. The average Bonchev–Trinajstić information content (AvgIpc) is 2.94. The lowest BCUT2D eigenvalue weighted by Gasteiger charge is -2.11. The van der Waals surface area contributed by atoms with Crippen LogP contribution in [-0.2, 0) is 19.0 Å². The van der Waals surface area contributed by atoms with Gasteiger partial charge in [0.2, 0.25) is 0 Å². The molecule has 0 aromatic carbocycles. The molecule has 0 aliphatic heterocycles. The van der Waals surface area contributed by atoms with Gasteiger partial charge < -0.3 is 19.4 Å². The minimum Gasteiger partial charge on any atom is -0.498 e. The molecule has 0 bridgehead atoms. The molecule has 0 unspecified atom stereocenters. The van der Waals surface area contributed by atoms with Gasteiger partial charge in [-0.3, -0.25) is 0 Å². The average molecular weight is 337 g/mol. The fourth-order valence-corrected chi connectivity index (χ4v) is 2.85. The summed E-state index contributed by atoms with van der Waals surface area (Å²) in [5.41, 5.74) is 0. The van der Waals surface area contributed by atoms with Crippen molar-refractivity contribution in [1.29, 1.82) is 0 Å². The first-order valence-electron chi connectivity index (χ1n) is 8.28. The van der Waals surface area contributed by atoms with Gasteiger partial charge in [-0.2, -0.15) is 0 Å². The van der Waals surface area contributed by atoms with E-state index in [2.05, 4.69) is 29.8 Å². The minimum atomic E-state index is -0.388. The van der Waals surface area contributed by atoms with E-state index in [1.165, 1.54) is 6.08 Å². The highest BCUT2D eigenvalue weighted by Gasteiger charge is 2.35. The van der Waals surface area contributed by atoms with Crippen molar-refractivity contribution in [3.05, 3.63) is 35.0 Å². The van der Waals surface area contributed by atoms with Crippen LogP contribution in [0.15, 0.2) is 24.8 Å². The third-order valence-corrected chi connectivity index (χ3v) is 4.06. The van der Waals surface area contributed by atoms with Crippen molar-refractivity contribution >= 4 is 5.97 Å². The Morgan fingerprint density at radius 2 is 2.29 bits per heavy atom. The molecule has 24 heavy (non-hydrogen) atoms. The number of carbonyl (C=O) groups excluding carboxylic acids is 1. The predicted molar refractivity (Wildman–Crippen MR) is 92.3 cm³/mol. The van der Waals surface area contributed by atoms with Crippen LogP contribution >= 0.6 is 0 Å². The number of esters is 1. The van der Waals surface area contributed by atoms with Crippen LogP contribution in [0.3, 0.4) is 0 Å². The molecule has 0 amide bonds. The van der Waals surface area contributed by atoms with Crippen LogP contribution in [0, 0.1) is 23.1 Å². The van der Waals surface area contributed by atoms with E-state index in [0.717, 1.165) is 32.1 Å². The fourth-order valence-electron chi connectivity index (χ4n) is 2.85. The molecule has 0 saturated heterocycles. The molecule has 1 rings (SSSR count). The van der Waals surface area contributed by atoms with Crippen LogP contribution in [0.25, 0.3) is 5.01 Å². The molecule has 1 fully saturated rings. The maximum absolute atomic E-state index is 11.1. The zero-order chi connectivity index (χ0) is 17.8. The van der Waals surface area contributed by atoms with Gasteiger partial charge in [-0.1, -0.05) is 18.7 Å². The summed E-state index contributed by atoms with van der Waals surface area (Å²) in [6, 6.07) is 2.62. The number of unbranched alkanes of at least 4 members (excludes halogenated alkanes) is 1. The number of nitrogens with zero attached hydrogens (tertiary/aromatic N) is 1. The van der Waals surface area contributed by atoms with Crippen molar-refractivity contribution in [1.82, 2.24) is 0 Å². The van der Waals surface area contributed by atoms with Crippen LogP contribution in [-0.4, -0.2) is 32.1 Å². The number of rotatable bonds is 10. The highest BCUT2D eigenvalue weighted by atomic mass is 16.7. The summed E-state index contributed by atoms with van der Waals surface area (Å²) in [6.07, 6.45) is 9.51. The lowest BCUT2D eigenvalue weighted by molar-refractivity contribution is -0.142. The molecule has 0 aromatic heterocycles. The molecule has 0 spiro atoms. The molecule has 1 saturated carbocycles. The van der Waals surface area contributed by atoms with E-state index in [1.807, 2.05) is 6.92 Å². The summed E-state index contributed by atoms with van der Waals surface area (Å²) in [6.45, 7) is 5.50. The van der Waals surface area contributed by atoms with E-state index in [0.29, 0.717) is 0 Å². The number of hydrogen-bond acceptors (Lipinski definition) is 5. The predicted octanol–water partition coefficient (Wildman–Crippen LogP) is 3.68.